The number of halogens is 2. The van der Waals surface area contributed by atoms with Crippen LogP contribution in [0.5, 0.6) is 11.5 Å². The van der Waals surface area contributed by atoms with Crippen molar-refractivity contribution in [3.05, 3.63) is 23.3 Å². The molecule has 1 N–H and O–H groups in total. The summed E-state index contributed by atoms with van der Waals surface area (Å²) >= 11 is 0. The smallest absolute Gasteiger partial charge is 0.299 e. The molecule has 0 aliphatic heterocycles. The van der Waals surface area contributed by atoms with E-state index in [-0.39, 0.29) is 11.3 Å². The van der Waals surface area contributed by atoms with Gasteiger partial charge in [0.05, 0.1) is 19.8 Å². The Labute approximate surface area is 92.6 Å². The van der Waals surface area contributed by atoms with Crippen molar-refractivity contribution in [1.29, 1.82) is 0 Å². The van der Waals surface area contributed by atoms with Crippen LogP contribution in [0.1, 0.15) is 11.1 Å². The molecule has 16 heavy (non-hydrogen) atoms. The second kappa shape index (κ2) is 4.65. The van der Waals surface area contributed by atoms with E-state index in [2.05, 4.69) is 0 Å². The Morgan fingerprint density at radius 1 is 1.19 bits per heavy atom. The summed E-state index contributed by atoms with van der Waals surface area (Å²) in [5.41, 5.74) is 0.316. The van der Waals surface area contributed by atoms with Gasteiger partial charge in [-0.2, -0.15) is 8.78 Å². The minimum atomic E-state index is -3.34. The van der Waals surface area contributed by atoms with Crippen LogP contribution in [-0.2, 0) is 5.92 Å². The Morgan fingerprint density at radius 2 is 1.75 bits per heavy atom. The molecule has 0 saturated carbocycles. The van der Waals surface area contributed by atoms with E-state index >= 15 is 0 Å². The van der Waals surface area contributed by atoms with Gasteiger partial charge in [0.1, 0.15) is 18.1 Å². The topological polar surface area (TPSA) is 38.7 Å². The standard InChI is InChI=1S/C11H14F2O3/c1-7-4-10(16-3)8(5-9(7)15-2)11(12,13)6-14/h4-5,14H,6H2,1-3H3. The molecule has 0 aliphatic carbocycles. The van der Waals surface area contributed by atoms with Crippen LogP contribution in [0.15, 0.2) is 12.1 Å². The fraction of sp³-hybridized carbons (Fsp3) is 0.455. The highest BCUT2D eigenvalue weighted by atomic mass is 19.3. The summed E-state index contributed by atoms with van der Waals surface area (Å²) in [4.78, 5) is 0. The maximum absolute atomic E-state index is 13.4. The van der Waals surface area contributed by atoms with E-state index in [0.29, 0.717) is 11.3 Å². The molecule has 0 amide bonds. The highest BCUT2D eigenvalue weighted by molar-refractivity contribution is 5.47. The molecule has 90 valence electrons. The Hall–Kier alpha value is -1.36. The molecule has 0 saturated heterocycles. The Bertz CT molecular complexity index is 378. The van der Waals surface area contributed by atoms with Crippen LogP contribution in [0.4, 0.5) is 8.78 Å². The number of aliphatic hydroxyl groups excluding tert-OH is 1. The number of ether oxygens (including phenoxy) is 2. The summed E-state index contributed by atoms with van der Waals surface area (Å²) in [6, 6.07) is 2.64. The minimum Gasteiger partial charge on any atom is -0.496 e. The lowest BCUT2D eigenvalue weighted by Crippen LogP contribution is -2.19. The van der Waals surface area contributed by atoms with E-state index in [1.807, 2.05) is 0 Å². The lowest BCUT2D eigenvalue weighted by molar-refractivity contribution is -0.0572. The van der Waals surface area contributed by atoms with Crippen LogP contribution in [0, 0.1) is 6.92 Å². The maximum atomic E-state index is 13.4. The van der Waals surface area contributed by atoms with Gasteiger partial charge < -0.3 is 14.6 Å². The Balaban J connectivity index is 3.36. The highest BCUT2D eigenvalue weighted by Crippen LogP contribution is 2.38. The molecule has 0 radical (unpaired) electrons. The molecule has 1 aromatic rings. The van der Waals surface area contributed by atoms with Crippen LogP contribution < -0.4 is 9.47 Å². The zero-order valence-corrected chi connectivity index (χ0v) is 9.38. The van der Waals surface area contributed by atoms with Crippen molar-refractivity contribution in [3.8, 4) is 11.5 Å². The van der Waals surface area contributed by atoms with E-state index in [0.717, 1.165) is 0 Å². The summed E-state index contributed by atoms with van der Waals surface area (Å²) in [5.74, 6) is -2.96. The van der Waals surface area contributed by atoms with E-state index in [4.69, 9.17) is 14.6 Å². The van der Waals surface area contributed by atoms with Gasteiger partial charge in [-0.15, -0.1) is 0 Å². The lowest BCUT2D eigenvalue weighted by atomic mass is 10.0. The number of alkyl halides is 2. The van der Waals surface area contributed by atoms with E-state index in [1.165, 1.54) is 26.4 Å². The molecular formula is C11H14F2O3. The lowest BCUT2D eigenvalue weighted by Gasteiger charge is -2.19. The Morgan fingerprint density at radius 3 is 2.19 bits per heavy atom. The first-order valence-electron chi connectivity index (χ1n) is 4.68. The van der Waals surface area contributed by atoms with Crippen LogP contribution in [0.2, 0.25) is 0 Å². The largest absolute Gasteiger partial charge is 0.496 e. The van der Waals surface area contributed by atoms with Crippen LogP contribution in [0.3, 0.4) is 0 Å². The first-order valence-corrected chi connectivity index (χ1v) is 4.68. The molecular weight excluding hydrogens is 218 g/mol. The number of methoxy groups -OCH3 is 2. The van der Waals surface area contributed by atoms with Gasteiger partial charge in [0.15, 0.2) is 0 Å². The van der Waals surface area contributed by atoms with Crippen molar-refractivity contribution in [2.45, 2.75) is 12.8 Å². The molecule has 0 spiro atoms. The van der Waals surface area contributed by atoms with Crippen molar-refractivity contribution in [3.63, 3.8) is 0 Å². The molecule has 3 nitrogen and oxygen atoms in total. The van der Waals surface area contributed by atoms with Crippen molar-refractivity contribution in [2.24, 2.45) is 0 Å². The van der Waals surface area contributed by atoms with Crippen LogP contribution in [-0.4, -0.2) is 25.9 Å². The van der Waals surface area contributed by atoms with Gasteiger partial charge in [-0.1, -0.05) is 0 Å². The summed E-state index contributed by atoms with van der Waals surface area (Å²) in [6.07, 6.45) is 0. The Kier molecular flexibility index (Phi) is 3.70. The van der Waals surface area contributed by atoms with Gasteiger partial charge in [0, 0.05) is 0 Å². The fourth-order valence-electron chi connectivity index (χ4n) is 1.42. The van der Waals surface area contributed by atoms with E-state index in [9.17, 15) is 8.78 Å². The highest BCUT2D eigenvalue weighted by Gasteiger charge is 2.34. The maximum Gasteiger partial charge on any atom is 0.299 e. The molecule has 5 heteroatoms. The van der Waals surface area contributed by atoms with Crippen molar-refractivity contribution >= 4 is 0 Å². The van der Waals surface area contributed by atoms with Crippen molar-refractivity contribution < 1.29 is 23.4 Å². The number of benzene rings is 1. The molecule has 0 atom stereocenters. The number of rotatable bonds is 4. The van der Waals surface area contributed by atoms with Gasteiger partial charge in [-0.25, -0.2) is 0 Å². The second-order valence-corrected chi connectivity index (χ2v) is 3.38. The third-order valence-corrected chi connectivity index (χ3v) is 2.31. The van der Waals surface area contributed by atoms with Crippen LogP contribution >= 0.6 is 0 Å². The van der Waals surface area contributed by atoms with Gasteiger partial charge in [-0.3, -0.25) is 0 Å². The molecule has 1 aromatic carbocycles. The van der Waals surface area contributed by atoms with Crippen LogP contribution in [0.25, 0.3) is 0 Å². The third-order valence-electron chi connectivity index (χ3n) is 2.31. The summed E-state index contributed by atoms with van der Waals surface area (Å²) < 4.78 is 36.6. The zero-order valence-electron chi connectivity index (χ0n) is 9.38. The molecule has 1 rings (SSSR count). The molecule has 0 heterocycles. The average Bonchev–Trinajstić information content (AvgIpc) is 2.28. The molecule has 0 aliphatic rings. The quantitative estimate of drug-likeness (QED) is 0.864. The average molecular weight is 232 g/mol. The first-order chi connectivity index (χ1) is 7.46. The number of hydrogen-bond donors (Lipinski definition) is 1. The van der Waals surface area contributed by atoms with E-state index in [1.54, 1.807) is 6.92 Å². The summed E-state index contributed by atoms with van der Waals surface area (Å²) in [6.45, 7) is 0.456. The molecule has 0 unspecified atom stereocenters. The zero-order chi connectivity index (χ0) is 12.3. The predicted molar refractivity (Wildman–Crippen MR) is 55.3 cm³/mol. The number of aliphatic hydroxyl groups is 1. The van der Waals surface area contributed by atoms with Gasteiger partial charge in [0.2, 0.25) is 0 Å². The fourth-order valence-corrected chi connectivity index (χ4v) is 1.42. The SMILES string of the molecule is COc1cc(C(F)(F)CO)c(OC)cc1C. The predicted octanol–water partition coefficient (Wildman–Crippen LogP) is 2.10. The van der Waals surface area contributed by atoms with Gasteiger partial charge >= 0.3 is 0 Å². The number of aryl methyl sites for hydroxylation is 1. The van der Waals surface area contributed by atoms with Gasteiger partial charge in [-0.05, 0) is 24.6 Å². The monoisotopic (exact) mass is 232 g/mol. The van der Waals surface area contributed by atoms with Gasteiger partial charge in [0.25, 0.3) is 5.92 Å². The normalized spacial score (nSPS) is 11.4. The molecule has 0 aromatic heterocycles. The molecule has 0 bridgehead atoms. The van der Waals surface area contributed by atoms with E-state index < -0.39 is 12.5 Å². The third kappa shape index (κ3) is 2.24. The molecule has 0 fully saturated rings. The number of hydrogen-bond acceptors (Lipinski definition) is 3. The van der Waals surface area contributed by atoms with Crippen molar-refractivity contribution in [2.75, 3.05) is 20.8 Å². The first kappa shape index (κ1) is 12.7. The summed E-state index contributed by atoms with van der Waals surface area (Å²) in [7, 11) is 2.70. The minimum absolute atomic E-state index is 0.0392. The second-order valence-electron chi connectivity index (χ2n) is 3.38. The summed E-state index contributed by atoms with van der Waals surface area (Å²) in [5, 5.41) is 8.65. The van der Waals surface area contributed by atoms with Crippen molar-refractivity contribution in [1.82, 2.24) is 0 Å².